The van der Waals surface area contributed by atoms with Crippen LogP contribution < -0.4 is 10.9 Å². The van der Waals surface area contributed by atoms with Crippen molar-refractivity contribution in [2.24, 2.45) is 11.8 Å². The van der Waals surface area contributed by atoms with Crippen molar-refractivity contribution in [3.05, 3.63) is 42.7 Å². The molecule has 2 heteroatoms. The molecule has 2 nitrogen and oxygen atoms in total. The van der Waals surface area contributed by atoms with Crippen molar-refractivity contribution in [3.63, 3.8) is 0 Å². The van der Waals surface area contributed by atoms with E-state index in [4.69, 9.17) is 0 Å². The van der Waals surface area contributed by atoms with Gasteiger partial charge in [0, 0.05) is 23.0 Å². The van der Waals surface area contributed by atoms with E-state index in [1.807, 2.05) is 0 Å². The Morgan fingerprint density at radius 1 is 0.750 bits per heavy atom. The highest BCUT2D eigenvalue weighted by Crippen LogP contribution is 2.53. The van der Waals surface area contributed by atoms with Gasteiger partial charge in [0.15, 0.2) is 0 Å². The van der Waals surface area contributed by atoms with Crippen LogP contribution in [0.15, 0.2) is 20.7 Å². The van der Waals surface area contributed by atoms with Gasteiger partial charge in [0.25, 0.3) is 0 Å². The lowest BCUT2D eigenvalue weighted by Crippen LogP contribution is -2.47. The van der Waals surface area contributed by atoms with E-state index in [2.05, 4.69) is 13.8 Å². The van der Waals surface area contributed by atoms with Crippen LogP contribution in [-0.4, -0.2) is 0 Å². The molecule has 0 N–H and O–H groups in total. The van der Waals surface area contributed by atoms with Gasteiger partial charge >= 0.3 is 0 Å². The molecule has 0 heterocycles. The van der Waals surface area contributed by atoms with E-state index in [-0.39, 0.29) is 10.9 Å². The summed E-state index contributed by atoms with van der Waals surface area (Å²) in [6.45, 7) is 4.56. The summed E-state index contributed by atoms with van der Waals surface area (Å²) in [5, 5.41) is 0. The minimum atomic E-state index is -0.158. The van der Waals surface area contributed by atoms with Crippen LogP contribution in [0.3, 0.4) is 0 Å². The maximum Gasteiger partial charge on any atom is 0.230 e. The number of hydrogen-bond donors (Lipinski definition) is 0. The standard InChI is InChI=1S/C18H22O2/c1-9-3-5-11-12-6-4-10(2)8-14(12)16-15(13(11)7-9)17(19)18(16)20/h9-10,13-14H,3-8H2,1-2H3/t9-,10-,13-,14+/m0/s1. The highest BCUT2D eigenvalue weighted by Gasteiger charge is 2.44. The summed E-state index contributed by atoms with van der Waals surface area (Å²) in [6, 6.07) is 0. The van der Waals surface area contributed by atoms with E-state index in [1.54, 1.807) is 11.1 Å². The zero-order valence-corrected chi connectivity index (χ0v) is 12.4. The van der Waals surface area contributed by atoms with Crippen molar-refractivity contribution in [1.82, 2.24) is 0 Å². The number of allylic oxidation sites excluding steroid dienone is 2. The van der Waals surface area contributed by atoms with Gasteiger partial charge in [-0.25, -0.2) is 0 Å². The van der Waals surface area contributed by atoms with Crippen LogP contribution in [0, 0.1) is 11.8 Å². The van der Waals surface area contributed by atoms with Crippen LogP contribution in [0.2, 0.25) is 0 Å². The Bertz CT molecular complexity index is 614. The first-order valence-electron chi connectivity index (χ1n) is 8.12. The minimum absolute atomic E-state index is 0.158. The molecule has 106 valence electrons. The monoisotopic (exact) mass is 270 g/mol. The summed E-state index contributed by atoms with van der Waals surface area (Å²) in [7, 11) is 0. The third-order valence-corrected chi connectivity index (χ3v) is 6.03. The maximum atomic E-state index is 12.1. The Labute approximate surface area is 119 Å². The van der Waals surface area contributed by atoms with Gasteiger partial charge in [0.2, 0.25) is 10.9 Å². The Morgan fingerprint density at radius 3 is 1.55 bits per heavy atom. The first kappa shape index (κ1) is 12.6. The lowest BCUT2D eigenvalue weighted by Gasteiger charge is -2.43. The largest absolute Gasteiger partial charge is 0.285 e. The van der Waals surface area contributed by atoms with Crippen molar-refractivity contribution in [2.75, 3.05) is 0 Å². The fraction of sp³-hybridized carbons (Fsp3) is 0.667. The number of hydrogen-bond acceptors (Lipinski definition) is 2. The van der Waals surface area contributed by atoms with Gasteiger partial charge in [-0.05, 0) is 50.4 Å². The van der Waals surface area contributed by atoms with Gasteiger partial charge in [-0.3, -0.25) is 9.59 Å². The molecule has 3 aliphatic rings. The van der Waals surface area contributed by atoms with E-state index in [0.29, 0.717) is 23.7 Å². The topological polar surface area (TPSA) is 34.1 Å². The average molecular weight is 270 g/mol. The molecule has 0 saturated heterocycles. The summed E-state index contributed by atoms with van der Waals surface area (Å²) in [6.07, 6.45) is 6.98. The first-order valence-corrected chi connectivity index (χ1v) is 8.12. The average Bonchev–Trinajstić information content (AvgIpc) is 2.44. The van der Waals surface area contributed by atoms with E-state index >= 15 is 0 Å². The molecule has 0 spiro atoms. The van der Waals surface area contributed by atoms with Crippen LogP contribution in [0.1, 0.15) is 75.3 Å². The molecule has 0 aromatic heterocycles. The molecule has 0 aliphatic heterocycles. The van der Waals surface area contributed by atoms with Crippen molar-refractivity contribution in [2.45, 2.75) is 64.2 Å². The summed E-state index contributed by atoms with van der Waals surface area (Å²) in [5.41, 5.74) is 4.65. The van der Waals surface area contributed by atoms with Gasteiger partial charge in [-0.1, -0.05) is 25.0 Å². The zero-order chi connectivity index (χ0) is 14.0. The Balaban J connectivity index is 1.88. The summed E-state index contributed by atoms with van der Waals surface area (Å²) in [5.74, 6) is 1.97. The predicted octanol–water partition coefficient (Wildman–Crippen LogP) is 3.40. The second-order valence-corrected chi connectivity index (χ2v) is 7.40. The van der Waals surface area contributed by atoms with Crippen LogP contribution in [0.5, 0.6) is 0 Å². The molecular formula is C18H22O2. The molecule has 0 unspecified atom stereocenters. The second kappa shape index (κ2) is 4.16. The molecule has 4 atom stereocenters. The molecule has 3 aliphatic carbocycles. The van der Waals surface area contributed by atoms with Crippen LogP contribution in [0.4, 0.5) is 0 Å². The molecule has 0 amide bonds. The SMILES string of the molecule is C[C@H]1CCC2=C3CC[C@H](C)C[C@@H]3c3c(c(=O)c3=O)[C@@H]2C1. The quantitative estimate of drug-likeness (QED) is 0.535. The third kappa shape index (κ3) is 1.51. The predicted molar refractivity (Wildman–Crippen MR) is 79.9 cm³/mol. The highest BCUT2D eigenvalue weighted by molar-refractivity contribution is 5.53. The third-order valence-electron chi connectivity index (χ3n) is 6.03. The zero-order valence-electron chi connectivity index (χ0n) is 12.4. The molecule has 0 radical (unpaired) electrons. The highest BCUT2D eigenvalue weighted by atomic mass is 16.2. The molecule has 2 saturated carbocycles. The van der Waals surface area contributed by atoms with Gasteiger partial charge in [-0.2, -0.15) is 0 Å². The fourth-order valence-corrected chi connectivity index (χ4v) is 4.95. The van der Waals surface area contributed by atoms with E-state index < -0.39 is 0 Å². The molecule has 1 aromatic carbocycles. The van der Waals surface area contributed by atoms with Crippen molar-refractivity contribution in [3.8, 4) is 0 Å². The van der Waals surface area contributed by atoms with Gasteiger partial charge < -0.3 is 0 Å². The molecule has 0 bridgehead atoms. The molecule has 1 aromatic rings. The lowest BCUT2D eigenvalue weighted by molar-refractivity contribution is 0.352. The summed E-state index contributed by atoms with van der Waals surface area (Å²) in [4.78, 5) is 24.2. The number of fused-ring (bicyclic) bond motifs is 5. The first-order chi connectivity index (χ1) is 9.58. The smallest absolute Gasteiger partial charge is 0.230 e. The van der Waals surface area contributed by atoms with Crippen molar-refractivity contribution >= 4 is 0 Å². The van der Waals surface area contributed by atoms with Crippen molar-refractivity contribution < 1.29 is 0 Å². The lowest BCUT2D eigenvalue weighted by atomic mass is 9.59. The van der Waals surface area contributed by atoms with Gasteiger partial charge in [-0.15, -0.1) is 0 Å². The van der Waals surface area contributed by atoms with E-state index in [0.717, 1.165) is 36.8 Å². The molecule has 2 fully saturated rings. The second-order valence-electron chi connectivity index (χ2n) is 7.40. The van der Waals surface area contributed by atoms with Crippen LogP contribution >= 0.6 is 0 Å². The van der Waals surface area contributed by atoms with E-state index in [1.165, 1.54) is 12.8 Å². The summed E-state index contributed by atoms with van der Waals surface area (Å²) >= 11 is 0. The van der Waals surface area contributed by atoms with Crippen LogP contribution in [-0.2, 0) is 0 Å². The maximum absolute atomic E-state index is 12.1. The van der Waals surface area contributed by atoms with Crippen LogP contribution in [0.25, 0.3) is 0 Å². The van der Waals surface area contributed by atoms with E-state index in [9.17, 15) is 9.59 Å². The molecular weight excluding hydrogens is 248 g/mol. The van der Waals surface area contributed by atoms with Gasteiger partial charge in [0.05, 0.1) is 0 Å². The summed E-state index contributed by atoms with van der Waals surface area (Å²) < 4.78 is 0. The van der Waals surface area contributed by atoms with Gasteiger partial charge in [0.1, 0.15) is 0 Å². The van der Waals surface area contributed by atoms with Crippen molar-refractivity contribution in [1.29, 1.82) is 0 Å². The number of rotatable bonds is 0. The molecule has 20 heavy (non-hydrogen) atoms. The fourth-order valence-electron chi connectivity index (χ4n) is 4.95. The molecule has 4 rings (SSSR count). The Morgan fingerprint density at radius 2 is 1.15 bits per heavy atom. The Kier molecular flexibility index (Phi) is 2.61. The minimum Gasteiger partial charge on any atom is -0.285 e. The Hall–Kier alpha value is -1.18. The normalized spacial score (nSPS) is 36.5.